The molecule has 0 saturated carbocycles. The number of hydrogen-bond donors (Lipinski definition) is 2. The number of carbonyl (C=O) groups excluding carboxylic acids is 2. The lowest BCUT2D eigenvalue weighted by molar-refractivity contribution is -0.116. The maximum Gasteiger partial charge on any atom is 0.297 e. The molecular weight excluding hydrogens is 444 g/mol. The first-order valence-corrected chi connectivity index (χ1v) is 11.1. The predicted octanol–water partition coefficient (Wildman–Crippen LogP) is 4.27. The highest BCUT2D eigenvalue weighted by atomic mass is 16.3. The van der Waals surface area contributed by atoms with Gasteiger partial charge in [0.2, 0.25) is 11.5 Å². The summed E-state index contributed by atoms with van der Waals surface area (Å²) in [7, 11) is 0. The lowest BCUT2D eigenvalue weighted by Gasteiger charge is -2.16. The van der Waals surface area contributed by atoms with Crippen molar-refractivity contribution in [2.24, 2.45) is 0 Å². The first kappa shape index (κ1) is 22.1. The Hall–Kier alpha value is -4.72. The molecule has 5 aromatic rings. The van der Waals surface area contributed by atoms with Gasteiger partial charge in [0.1, 0.15) is 17.6 Å². The third-order valence-corrected chi connectivity index (χ3v) is 5.76. The van der Waals surface area contributed by atoms with E-state index in [0.717, 1.165) is 10.9 Å². The van der Waals surface area contributed by atoms with E-state index in [1.807, 2.05) is 55.5 Å². The second-order valence-corrected chi connectivity index (χ2v) is 8.15. The number of aromatic nitrogens is 2. The van der Waals surface area contributed by atoms with Crippen LogP contribution in [0.1, 0.15) is 28.9 Å². The van der Waals surface area contributed by atoms with Crippen LogP contribution < -0.4 is 16.2 Å². The van der Waals surface area contributed by atoms with Crippen molar-refractivity contribution in [2.45, 2.75) is 19.5 Å². The Morgan fingerprint density at radius 3 is 2.51 bits per heavy atom. The van der Waals surface area contributed by atoms with Gasteiger partial charge >= 0.3 is 0 Å². The molecule has 2 amide bonds. The van der Waals surface area contributed by atoms with Gasteiger partial charge in [-0.1, -0.05) is 54.6 Å². The van der Waals surface area contributed by atoms with Crippen LogP contribution in [0.5, 0.6) is 0 Å². The Balaban J connectivity index is 1.34. The Bertz CT molecular complexity index is 1600. The van der Waals surface area contributed by atoms with Crippen LogP contribution in [0.2, 0.25) is 0 Å². The summed E-state index contributed by atoms with van der Waals surface area (Å²) in [5.41, 5.74) is 2.29. The quantitative estimate of drug-likeness (QED) is 0.389. The minimum atomic E-state index is -0.472. The number of amides is 2. The molecule has 8 nitrogen and oxygen atoms in total. The number of nitrogens with zero attached hydrogens (tertiary/aromatic N) is 2. The van der Waals surface area contributed by atoms with Gasteiger partial charge in [0.05, 0.1) is 23.6 Å². The molecule has 5 rings (SSSR count). The molecular formula is C27H22N4O4. The van der Waals surface area contributed by atoms with Gasteiger partial charge in [-0.15, -0.1) is 0 Å². The van der Waals surface area contributed by atoms with E-state index in [0.29, 0.717) is 22.4 Å². The molecule has 174 valence electrons. The topological polar surface area (TPSA) is 106 Å². The molecule has 0 spiro atoms. The molecule has 0 saturated heterocycles. The lowest BCUT2D eigenvalue weighted by atomic mass is 10.1. The van der Waals surface area contributed by atoms with Gasteiger partial charge in [0.15, 0.2) is 0 Å². The van der Waals surface area contributed by atoms with Crippen molar-refractivity contribution >= 4 is 39.6 Å². The van der Waals surface area contributed by atoms with Crippen molar-refractivity contribution in [3.63, 3.8) is 0 Å². The number of furan rings is 1. The van der Waals surface area contributed by atoms with Crippen molar-refractivity contribution in [3.05, 3.63) is 107 Å². The molecule has 0 radical (unpaired) electrons. The maximum atomic E-state index is 12.9. The van der Waals surface area contributed by atoms with E-state index < -0.39 is 11.5 Å². The minimum Gasteiger partial charge on any atom is -0.448 e. The van der Waals surface area contributed by atoms with Crippen LogP contribution in [0.3, 0.4) is 0 Å². The van der Waals surface area contributed by atoms with Crippen LogP contribution in [0, 0.1) is 0 Å². The fraction of sp³-hybridized carbons (Fsp3) is 0.111. The average Bonchev–Trinajstić information content (AvgIpc) is 3.26. The van der Waals surface area contributed by atoms with E-state index >= 15 is 0 Å². The van der Waals surface area contributed by atoms with Crippen molar-refractivity contribution in [1.29, 1.82) is 0 Å². The predicted molar refractivity (Wildman–Crippen MR) is 133 cm³/mol. The summed E-state index contributed by atoms with van der Waals surface area (Å²) in [5.74, 6) is -0.791. The normalized spacial score (nSPS) is 11.9. The minimum absolute atomic E-state index is 0.0937. The zero-order chi connectivity index (χ0) is 24.4. The van der Waals surface area contributed by atoms with E-state index in [1.54, 1.807) is 30.3 Å². The van der Waals surface area contributed by atoms with Crippen LogP contribution in [0.25, 0.3) is 22.1 Å². The number of carbonyl (C=O) groups is 2. The molecule has 1 unspecified atom stereocenters. The Labute approximate surface area is 200 Å². The highest BCUT2D eigenvalue weighted by Gasteiger charge is 2.18. The lowest BCUT2D eigenvalue weighted by Crippen LogP contribution is -2.30. The van der Waals surface area contributed by atoms with E-state index in [9.17, 15) is 14.4 Å². The highest BCUT2D eigenvalue weighted by Crippen LogP contribution is 2.24. The number of fused-ring (bicyclic) bond motifs is 3. The number of benzene rings is 3. The van der Waals surface area contributed by atoms with Gasteiger partial charge in [-0.25, -0.2) is 4.98 Å². The molecule has 0 fully saturated rings. The number of anilines is 1. The average molecular weight is 466 g/mol. The summed E-state index contributed by atoms with van der Waals surface area (Å²) in [6.45, 7) is 1.61. The highest BCUT2D eigenvalue weighted by molar-refractivity contribution is 6.04. The van der Waals surface area contributed by atoms with E-state index in [4.69, 9.17) is 4.42 Å². The van der Waals surface area contributed by atoms with Gasteiger partial charge in [0.25, 0.3) is 11.5 Å². The first-order valence-electron chi connectivity index (χ1n) is 11.1. The third kappa shape index (κ3) is 4.41. The number of rotatable bonds is 6. The van der Waals surface area contributed by atoms with Crippen LogP contribution in [0.15, 0.2) is 94.4 Å². The Morgan fingerprint density at radius 2 is 1.69 bits per heavy atom. The molecule has 0 bridgehead atoms. The van der Waals surface area contributed by atoms with Crippen molar-refractivity contribution in [1.82, 2.24) is 14.9 Å². The zero-order valence-electron chi connectivity index (χ0n) is 18.9. The fourth-order valence-corrected chi connectivity index (χ4v) is 3.96. The maximum absolute atomic E-state index is 12.9. The van der Waals surface area contributed by atoms with Gasteiger partial charge in [-0.05, 0) is 36.8 Å². The summed E-state index contributed by atoms with van der Waals surface area (Å²) in [4.78, 5) is 43.0. The van der Waals surface area contributed by atoms with Crippen LogP contribution in [-0.4, -0.2) is 21.4 Å². The summed E-state index contributed by atoms with van der Waals surface area (Å²) >= 11 is 0. The van der Waals surface area contributed by atoms with E-state index in [2.05, 4.69) is 15.6 Å². The van der Waals surface area contributed by atoms with Crippen molar-refractivity contribution in [2.75, 3.05) is 5.32 Å². The van der Waals surface area contributed by atoms with Crippen LogP contribution >= 0.6 is 0 Å². The largest absolute Gasteiger partial charge is 0.448 e. The van der Waals surface area contributed by atoms with Crippen LogP contribution in [-0.2, 0) is 11.3 Å². The number of hydrogen-bond acceptors (Lipinski definition) is 5. The molecule has 8 heteroatoms. The molecule has 35 heavy (non-hydrogen) atoms. The molecule has 2 aromatic heterocycles. The summed E-state index contributed by atoms with van der Waals surface area (Å²) in [5, 5.41) is 6.42. The second kappa shape index (κ2) is 9.26. The Morgan fingerprint density at radius 1 is 0.971 bits per heavy atom. The van der Waals surface area contributed by atoms with Crippen molar-refractivity contribution < 1.29 is 14.0 Å². The first-order chi connectivity index (χ1) is 17.0. The summed E-state index contributed by atoms with van der Waals surface area (Å²) in [6, 6.07) is 23.3. The smallest absolute Gasteiger partial charge is 0.297 e. The van der Waals surface area contributed by atoms with E-state index in [-0.39, 0.29) is 24.1 Å². The molecule has 1 atom stereocenters. The van der Waals surface area contributed by atoms with Gasteiger partial charge in [0, 0.05) is 5.39 Å². The molecule has 0 aliphatic carbocycles. The standard InChI is InChI=1S/C27H22N4O4/c1-17(18-9-3-2-4-10-18)29-26(33)19-11-5-7-13-21(19)30-23(32)15-31-16-28-24-20-12-6-8-14-22(20)35-25(24)27(31)34/h2-14,16-17H,15H2,1H3,(H,29,33)(H,30,32). The SMILES string of the molecule is CC(NC(=O)c1ccccc1NC(=O)Cn1cnc2c(oc3ccccc32)c1=O)c1ccccc1. The summed E-state index contributed by atoms with van der Waals surface area (Å²) in [6.07, 6.45) is 1.33. The monoisotopic (exact) mass is 466 g/mol. The zero-order valence-corrected chi connectivity index (χ0v) is 18.9. The van der Waals surface area contributed by atoms with Gasteiger partial charge in [-0.3, -0.25) is 19.0 Å². The second-order valence-electron chi connectivity index (χ2n) is 8.15. The molecule has 2 N–H and O–H groups in total. The third-order valence-electron chi connectivity index (χ3n) is 5.76. The number of para-hydroxylation sites is 2. The van der Waals surface area contributed by atoms with Gasteiger partial charge < -0.3 is 15.1 Å². The summed E-state index contributed by atoms with van der Waals surface area (Å²) < 4.78 is 6.85. The van der Waals surface area contributed by atoms with Crippen molar-refractivity contribution in [3.8, 4) is 0 Å². The molecule has 0 aliphatic rings. The number of nitrogens with one attached hydrogen (secondary N) is 2. The molecule has 0 aliphatic heterocycles. The van der Waals surface area contributed by atoms with E-state index in [1.165, 1.54) is 10.9 Å². The molecule has 3 aromatic carbocycles. The fourth-order valence-electron chi connectivity index (χ4n) is 3.96. The Kier molecular flexibility index (Phi) is 5.85. The molecule has 2 heterocycles. The van der Waals surface area contributed by atoms with Crippen LogP contribution in [0.4, 0.5) is 5.69 Å². The van der Waals surface area contributed by atoms with Gasteiger partial charge in [-0.2, -0.15) is 0 Å².